The molecule has 1 fully saturated rings. The van der Waals surface area contributed by atoms with Crippen LogP contribution in [0.25, 0.3) is 0 Å². The van der Waals surface area contributed by atoms with E-state index in [0.29, 0.717) is 6.42 Å². The Hall–Kier alpha value is -1.84. The monoisotopic (exact) mass is 202 g/mol. The molecule has 2 heterocycles. The molecule has 2 aliphatic heterocycles. The van der Waals surface area contributed by atoms with Crippen LogP contribution >= 0.6 is 0 Å². The van der Waals surface area contributed by atoms with Crippen molar-refractivity contribution >= 4 is 17.5 Å². The number of rotatable bonds is 0. The van der Waals surface area contributed by atoms with E-state index in [0.717, 1.165) is 11.3 Å². The molecule has 1 N–H and O–H groups in total. The summed E-state index contributed by atoms with van der Waals surface area (Å²) in [6.45, 7) is 0.179. The van der Waals surface area contributed by atoms with Gasteiger partial charge in [0.15, 0.2) is 0 Å². The van der Waals surface area contributed by atoms with Crippen molar-refractivity contribution in [3.8, 4) is 0 Å². The van der Waals surface area contributed by atoms with E-state index in [1.165, 1.54) is 0 Å². The molecule has 3 rings (SSSR count). The molecule has 0 bridgehead atoms. The van der Waals surface area contributed by atoms with Crippen LogP contribution in [0, 0.1) is 0 Å². The molecule has 15 heavy (non-hydrogen) atoms. The Balaban J connectivity index is 2.08. The summed E-state index contributed by atoms with van der Waals surface area (Å²) in [6, 6.07) is 7.74. The first-order valence-electron chi connectivity index (χ1n) is 4.94. The summed E-state index contributed by atoms with van der Waals surface area (Å²) in [5.41, 5.74) is 1.88. The molecule has 0 saturated carbocycles. The van der Waals surface area contributed by atoms with Gasteiger partial charge >= 0.3 is 0 Å². The first-order chi connectivity index (χ1) is 7.25. The average molecular weight is 202 g/mol. The molecule has 0 aliphatic carbocycles. The van der Waals surface area contributed by atoms with Crippen LogP contribution < -0.4 is 5.32 Å². The highest BCUT2D eigenvalue weighted by molar-refractivity contribution is 5.99. The fourth-order valence-electron chi connectivity index (χ4n) is 2.18. The van der Waals surface area contributed by atoms with E-state index >= 15 is 0 Å². The van der Waals surface area contributed by atoms with Crippen LogP contribution in [0.4, 0.5) is 5.69 Å². The zero-order valence-electron chi connectivity index (χ0n) is 8.06. The van der Waals surface area contributed by atoms with E-state index < -0.39 is 0 Å². The van der Waals surface area contributed by atoms with Gasteiger partial charge in [-0.1, -0.05) is 18.2 Å². The summed E-state index contributed by atoms with van der Waals surface area (Å²) in [4.78, 5) is 24.4. The lowest BCUT2D eigenvalue weighted by atomic mass is 9.93. The molecule has 4 nitrogen and oxygen atoms in total. The van der Waals surface area contributed by atoms with Crippen molar-refractivity contribution in [2.75, 3.05) is 11.9 Å². The van der Waals surface area contributed by atoms with Gasteiger partial charge in [0.2, 0.25) is 11.8 Å². The Labute approximate surface area is 86.9 Å². The Kier molecular flexibility index (Phi) is 1.59. The van der Waals surface area contributed by atoms with E-state index in [-0.39, 0.29) is 24.4 Å². The van der Waals surface area contributed by atoms with Crippen LogP contribution in [0.1, 0.15) is 18.0 Å². The van der Waals surface area contributed by atoms with Gasteiger partial charge in [-0.3, -0.25) is 9.59 Å². The van der Waals surface area contributed by atoms with Crippen molar-refractivity contribution in [3.05, 3.63) is 29.8 Å². The Morgan fingerprint density at radius 1 is 1.27 bits per heavy atom. The summed E-state index contributed by atoms with van der Waals surface area (Å²) in [7, 11) is 0. The molecule has 0 aromatic heterocycles. The topological polar surface area (TPSA) is 49.4 Å². The van der Waals surface area contributed by atoms with E-state index in [4.69, 9.17) is 0 Å². The fourth-order valence-corrected chi connectivity index (χ4v) is 2.18. The molecule has 4 heteroatoms. The number of nitrogens with zero attached hydrogens (tertiary/aromatic N) is 1. The largest absolute Gasteiger partial charge is 0.326 e. The molecule has 1 atom stereocenters. The lowest BCUT2D eigenvalue weighted by Gasteiger charge is -2.38. The number of carbonyl (C=O) groups is 2. The Bertz CT molecular complexity index is 456. The van der Waals surface area contributed by atoms with E-state index in [9.17, 15) is 9.59 Å². The fraction of sp³-hybridized carbons (Fsp3) is 0.273. The van der Waals surface area contributed by atoms with Gasteiger partial charge in [-0.05, 0) is 11.6 Å². The first kappa shape index (κ1) is 8.47. The lowest BCUT2D eigenvalue weighted by Crippen LogP contribution is -2.48. The van der Waals surface area contributed by atoms with Crippen molar-refractivity contribution in [2.45, 2.75) is 12.5 Å². The second-order valence-corrected chi connectivity index (χ2v) is 3.88. The summed E-state index contributed by atoms with van der Waals surface area (Å²) < 4.78 is 0. The summed E-state index contributed by atoms with van der Waals surface area (Å²) in [5.74, 6) is -0.0511. The maximum atomic E-state index is 11.5. The normalized spacial score (nSPS) is 23.5. The third-order valence-electron chi connectivity index (χ3n) is 2.97. The van der Waals surface area contributed by atoms with Gasteiger partial charge in [0.05, 0.1) is 12.5 Å². The second kappa shape index (κ2) is 2.82. The summed E-state index contributed by atoms with van der Waals surface area (Å²) >= 11 is 0. The van der Waals surface area contributed by atoms with Crippen molar-refractivity contribution in [1.82, 2.24) is 4.90 Å². The van der Waals surface area contributed by atoms with Gasteiger partial charge in [-0.15, -0.1) is 0 Å². The van der Waals surface area contributed by atoms with Crippen LogP contribution in [0.3, 0.4) is 0 Å². The number of β-lactam (4-membered cyclic amide) rings is 1. The van der Waals surface area contributed by atoms with Gasteiger partial charge < -0.3 is 10.2 Å². The SMILES string of the molecule is O=C1CN2C(=O)CC2c2ccccc2N1. The van der Waals surface area contributed by atoms with Gasteiger partial charge in [-0.25, -0.2) is 0 Å². The van der Waals surface area contributed by atoms with Gasteiger partial charge in [0, 0.05) is 5.69 Å². The predicted molar refractivity (Wildman–Crippen MR) is 54.1 cm³/mol. The minimum Gasteiger partial charge on any atom is -0.326 e. The van der Waals surface area contributed by atoms with Crippen molar-refractivity contribution in [2.24, 2.45) is 0 Å². The van der Waals surface area contributed by atoms with Crippen molar-refractivity contribution in [1.29, 1.82) is 0 Å². The number of hydrogen-bond acceptors (Lipinski definition) is 2. The number of carbonyl (C=O) groups excluding carboxylic acids is 2. The number of hydrogen-bond donors (Lipinski definition) is 1. The van der Waals surface area contributed by atoms with Crippen molar-refractivity contribution < 1.29 is 9.59 Å². The van der Waals surface area contributed by atoms with Crippen LogP contribution in [0.2, 0.25) is 0 Å². The minimum absolute atomic E-state index is 0.0619. The molecular formula is C11H10N2O2. The minimum atomic E-state index is -0.113. The van der Waals surface area contributed by atoms with Crippen molar-refractivity contribution in [3.63, 3.8) is 0 Å². The molecule has 0 radical (unpaired) electrons. The zero-order valence-corrected chi connectivity index (χ0v) is 8.06. The molecule has 76 valence electrons. The smallest absolute Gasteiger partial charge is 0.244 e. The summed E-state index contributed by atoms with van der Waals surface area (Å²) in [5, 5.41) is 2.81. The molecule has 1 unspecified atom stereocenters. The molecule has 1 saturated heterocycles. The van der Waals surface area contributed by atoms with Crippen LogP contribution in [0.15, 0.2) is 24.3 Å². The average Bonchev–Trinajstić information content (AvgIpc) is 2.34. The number of fused-ring (bicyclic) bond motifs is 3. The highest BCUT2D eigenvalue weighted by atomic mass is 16.2. The highest BCUT2D eigenvalue weighted by Crippen LogP contribution is 2.39. The van der Waals surface area contributed by atoms with Gasteiger partial charge in [0.25, 0.3) is 0 Å². The second-order valence-electron chi connectivity index (χ2n) is 3.88. The van der Waals surface area contributed by atoms with Gasteiger partial charge in [-0.2, -0.15) is 0 Å². The van der Waals surface area contributed by atoms with Crippen LogP contribution in [-0.2, 0) is 9.59 Å². The zero-order chi connectivity index (χ0) is 10.4. The molecule has 0 spiro atoms. The first-order valence-corrected chi connectivity index (χ1v) is 4.94. The van der Waals surface area contributed by atoms with E-state index in [1.54, 1.807) is 4.90 Å². The highest BCUT2D eigenvalue weighted by Gasteiger charge is 2.41. The number of amides is 2. The Morgan fingerprint density at radius 3 is 2.87 bits per heavy atom. The van der Waals surface area contributed by atoms with E-state index in [2.05, 4.69) is 5.32 Å². The number of anilines is 1. The molecule has 1 aromatic carbocycles. The maximum absolute atomic E-state index is 11.5. The van der Waals surface area contributed by atoms with Crippen LogP contribution in [-0.4, -0.2) is 23.3 Å². The molecule has 2 aliphatic rings. The van der Waals surface area contributed by atoms with Crippen LogP contribution in [0.5, 0.6) is 0 Å². The molecular weight excluding hydrogens is 192 g/mol. The third-order valence-corrected chi connectivity index (χ3v) is 2.97. The Morgan fingerprint density at radius 2 is 2.07 bits per heavy atom. The predicted octanol–water partition coefficient (Wildman–Crippen LogP) is 0.912. The number of nitrogens with one attached hydrogen (secondary N) is 1. The number of para-hydroxylation sites is 1. The molecule has 1 aromatic rings. The quantitative estimate of drug-likeness (QED) is 0.636. The van der Waals surface area contributed by atoms with E-state index in [1.807, 2.05) is 24.3 Å². The lowest BCUT2D eigenvalue weighted by molar-refractivity contribution is -0.148. The maximum Gasteiger partial charge on any atom is 0.244 e. The summed E-state index contributed by atoms with van der Waals surface area (Å²) in [6.07, 6.45) is 0.520. The molecule has 2 amide bonds. The third kappa shape index (κ3) is 1.14. The van der Waals surface area contributed by atoms with Gasteiger partial charge in [0.1, 0.15) is 6.54 Å². The standard InChI is InChI=1S/C11H10N2O2/c14-10-6-13-9(5-11(13)15)7-3-1-2-4-8(7)12-10/h1-4,9H,5-6H2,(H,12,14). The number of benzene rings is 1.